The Morgan fingerprint density at radius 1 is 0.398 bits per heavy atom. The average molecular weight is 1210 g/mol. The largest absolute Gasteiger partial charge is 0.496 e. The van der Waals surface area contributed by atoms with Crippen molar-refractivity contribution in [3.63, 3.8) is 0 Å². The molecule has 8 aromatic carbocycles. The van der Waals surface area contributed by atoms with Gasteiger partial charge in [0.15, 0.2) is 6.79 Å². The molecule has 2 fully saturated rings. The van der Waals surface area contributed by atoms with E-state index in [0.29, 0.717) is 72.5 Å². The molecule has 468 valence electrons. The Morgan fingerprint density at radius 2 is 0.795 bits per heavy atom. The van der Waals surface area contributed by atoms with Gasteiger partial charge in [0.2, 0.25) is 0 Å². The van der Waals surface area contributed by atoms with Crippen LogP contribution < -0.4 is 39.1 Å². The summed E-state index contributed by atoms with van der Waals surface area (Å²) in [5, 5.41) is 20.2. The topological polar surface area (TPSA) is 174 Å². The molecule has 0 bridgehead atoms. The van der Waals surface area contributed by atoms with E-state index >= 15 is 0 Å². The maximum atomic E-state index is 8.94. The molecule has 0 saturated carbocycles. The van der Waals surface area contributed by atoms with E-state index in [1.807, 2.05) is 103 Å². The van der Waals surface area contributed by atoms with E-state index < -0.39 is 0 Å². The van der Waals surface area contributed by atoms with Crippen LogP contribution in [-0.4, -0.2) is 131 Å². The first kappa shape index (κ1) is 65.1. The first-order valence-electron chi connectivity index (χ1n) is 30.0. The van der Waals surface area contributed by atoms with Crippen molar-refractivity contribution < 1.29 is 71.7 Å². The predicted octanol–water partition coefficient (Wildman–Crippen LogP) is 12.1. The smallest absolute Gasteiger partial charge is 0.180 e. The molecule has 88 heavy (non-hydrogen) atoms. The van der Waals surface area contributed by atoms with E-state index in [1.165, 1.54) is 0 Å². The summed E-state index contributed by atoms with van der Waals surface area (Å²) in [6, 6.07) is 56.8. The fourth-order valence-corrected chi connectivity index (χ4v) is 11.4. The first-order chi connectivity index (χ1) is 43.4. The number of ether oxygens (including phenoxy) is 13. The Hall–Kier alpha value is -7.36. The van der Waals surface area contributed by atoms with Crippen molar-refractivity contribution in [2.75, 3.05) is 102 Å². The van der Waals surface area contributed by atoms with Gasteiger partial charge in [-0.3, -0.25) is 0 Å². The van der Waals surface area contributed by atoms with Crippen molar-refractivity contribution in [3.05, 3.63) is 203 Å². The molecule has 0 aliphatic carbocycles. The summed E-state index contributed by atoms with van der Waals surface area (Å²) in [6.45, 7) is 6.86. The van der Waals surface area contributed by atoms with Gasteiger partial charge in [0.05, 0.1) is 106 Å². The average Bonchev–Trinajstić information content (AvgIpc) is 3.73. The molecule has 2 aliphatic heterocycles. The van der Waals surface area contributed by atoms with Crippen LogP contribution in [0, 0.1) is 0 Å². The second-order valence-corrected chi connectivity index (χ2v) is 21.4. The molecule has 0 unspecified atom stereocenters. The fraction of sp³-hybridized carbons (Fsp3) is 0.380. The van der Waals surface area contributed by atoms with Crippen LogP contribution in [0.1, 0.15) is 58.1 Å². The summed E-state index contributed by atoms with van der Waals surface area (Å²) >= 11 is 0. The molecule has 0 radical (unpaired) electrons. The van der Waals surface area contributed by atoms with Gasteiger partial charge < -0.3 is 72.2 Å². The molecule has 2 saturated heterocycles. The molecule has 2 heterocycles. The maximum absolute atomic E-state index is 8.94. The van der Waals surface area contributed by atoms with E-state index in [4.69, 9.17) is 66.8 Å². The lowest BCUT2D eigenvalue weighted by molar-refractivity contribution is -0.306. The van der Waals surface area contributed by atoms with Gasteiger partial charge in [-0.05, 0) is 93.7 Å². The summed E-state index contributed by atoms with van der Waals surface area (Å²) in [5.74, 6) is 4.87. The van der Waals surface area contributed by atoms with Gasteiger partial charge in [0.25, 0.3) is 0 Å². The van der Waals surface area contributed by atoms with E-state index in [2.05, 4.69) is 82.3 Å². The van der Waals surface area contributed by atoms with Crippen LogP contribution in [0.4, 0.5) is 0 Å². The molecule has 0 amide bonds. The molecular weight excluding hydrogens is 1120 g/mol. The highest BCUT2D eigenvalue weighted by Crippen LogP contribution is 2.36. The van der Waals surface area contributed by atoms with Crippen LogP contribution in [0.15, 0.2) is 170 Å². The standard InChI is InChI=1S/C36H43NO7.C35H41NO8/c1-38-25-44-35-22-37-21-34(43-23-26-19-28-9-4-6-11-31(28)33(20-26)40-3)36(35)27-13-15-30(16-14-27)42-18-8-17-41-24-29-10-5-7-12-32(29)39-2;1-38-31-11-6-4-9-28(31)23-40-16-7-17-41-29-14-12-26(13-15-29)35-33(20-36-21-34(35)43-24-44-37)42-22-25-18-27-8-3-5-10-30(27)32(19-25)39-2/h4-7,9-16,19-20,34-37H,8,17-18,21-25H2,1-3H3;3-6,8-15,18-19,33-37H,7,16-17,20-24H2,1-2H3/t34-,35+,36+;33-,34+,35+/m00/s1. The van der Waals surface area contributed by atoms with Crippen molar-refractivity contribution in [3.8, 4) is 34.5 Å². The van der Waals surface area contributed by atoms with E-state index in [1.54, 1.807) is 35.5 Å². The Balaban J connectivity index is 0.000000209. The van der Waals surface area contributed by atoms with E-state index in [9.17, 15) is 0 Å². The van der Waals surface area contributed by atoms with E-state index in [0.717, 1.165) is 109 Å². The van der Waals surface area contributed by atoms with Crippen LogP contribution in [0.2, 0.25) is 0 Å². The molecule has 3 N–H and O–H groups in total. The van der Waals surface area contributed by atoms with E-state index in [-0.39, 0.29) is 49.8 Å². The van der Waals surface area contributed by atoms with Crippen molar-refractivity contribution in [2.24, 2.45) is 0 Å². The Morgan fingerprint density at radius 3 is 1.22 bits per heavy atom. The number of methoxy groups -OCH3 is 5. The minimum Gasteiger partial charge on any atom is -0.496 e. The minimum absolute atomic E-state index is 0.0196. The third-order valence-electron chi connectivity index (χ3n) is 15.7. The summed E-state index contributed by atoms with van der Waals surface area (Å²) in [5.41, 5.74) is 6.35. The van der Waals surface area contributed by atoms with Gasteiger partial charge >= 0.3 is 0 Å². The second kappa shape index (κ2) is 35.0. The van der Waals surface area contributed by atoms with Crippen LogP contribution in [0.5, 0.6) is 34.5 Å². The molecule has 0 spiro atoms. The number of nitrogens with one attached hydrogen (secondary N) is 2. The highest BCUT2D eigenvalue weighted by atomic mass is 17.1. The molecule has 17 heteroatoms. The van der Waals surface area contributed by atoms with Crippen LogP contribution in [-0.2, 0) is 64.5 Å². The van der Waals surface area contributed by atoms with Gasteiger partial charge in [0.1, 0.15) is 41.3 Å². The molecule has 0 aromatic heterocycles. The molecule has 6 atom stereocenters. The summed E-state index contributed by atoms with van der Waals surface area (Å²) in [4.78, 5) is 4.25. The van der Waals surface area contributed by atoms with Gasteiger partial charge in [-0.15, -0.1) is 0 Å². The van der Waals surface area contributed by atoms with Gasteiger partial charge in [-0.1, -0.05) is 109 Å². The fourth-order valence-electron chi connectivity index (χ4n) is 11.4. The lowest BCUT2D eigenvalue weighted by Crippen LogP contribution is -2.50. The number of hydrogen-bond acceptors (Lipinski definition) is 17. The van der Waals surface area contributed by atoms with Crippen LogP contribution in [0.3, 0.4) is 0 Å². The second-order valence-electron chi connectivity index (χ2n) is 21.4. The number of rotatable bonds is 32. The Bertz CT molecular complexity index is 3110. The zero-order valence-corrected chi connectivity index (χ0v) is 51.1. The van der Waals surface area contributed by atoms with Crippen molar-refractivity contribution in [1.29, 1.82) is 0 Å². The molecule has 8 aromatic rings. The van der Waals surface area contributed by atoms with Crippen LogP contribution in [0.25, 0.3) is 21.5 Å². The van der Waals surface area contributed by atoms with Gasteiger partial charge in [-0.25, -0.2) is 10.1 Å². The van der Waals surface area contributed by atoms with Crippen molar-refractivity contribution in [2.45, 2.75) is 75.5 Å². The minimum atomic E-state index is -0.265. The highest BCUT2D eigenvalue weighted by molar-refractivity contribution is 5.89. The lowest BCUT2D eigenvalue weighted by Gasteiger charge is -2.38. The molecular formula is C71H84N2O15. The normalized spacial score (nSPS) is 18.3. The monoisotopic (exact) mass is 1200 g/mol. The maximum Gasteiger partial charge on any atom is 0.180 e. The van der Waals surface area contributed by atoms with Crippen molar-refractivity contribution in [1.82, 2.24) is 10.6 Å². The lowest BCUT2D eigenvalue weighted by atomic mass is 9.85. The Labute approximate surface area is 516 Å². The zero-order valence-electron chi connectivity index (χ0n) is 51.1. The zero-order chi connectivity index (χ0) is 61.1. The number of fused-ring (bicyclic) bond motifs is 2. The van der Waals surface area contributed by atoms with Gasteiger partial charge in [0, 0.05) is 79.9 Å². The third-order valence-corrected chi connectivity index (χ3v) is 15.7. The third kappa shape index (κ3) is 18.4. The van der Waals surface area contributed by atoms with Gasteiger partial charge in [-0.2, -0.15) is 0 Å². The molecule has 2 aliphatic rings. The predicted molar refractivity (Wildman–Crippen MR) is 338 cm³/mol. The quantitative estimate of drug-likeness (QED) is 0.0157. The molecule has 17 nitrogen and oxygen atoms in total. The highest BCUT2D eigenvalue weighted by Gasteiger charge is 2.38. The SMILES string of the molecule is COCO[C@@H]1CNC[C@H](OCc2cc(OC)c3ccccc3c2)[C@H]1c1ccc(OCCCOCc2ccccc2OC)cc1.COc1ccccc1COCCCOc1ccc([C@@H]2[C@@H](OCc3cc(OC)c4ccccc4c3)CNC[C@H]2OCOO)cc1. The van der Waals surface area contributed by atoms with Crippen molar-refractivity contribution >= 4 is 21.5 Å². The summed E-state index contributed by atoms with van der Waals surface area (Å²) < 4.78 is 76.1. The number of benzene rings is 8. The first-order valence-corrected chi connectivity index (χ1v) is 30.0. The number of para-hydroxylation sites is 2. The molecule has 10 rings (SSSR count). The summed E-state index contributed by atoms with van der Waals surface area (Å²) in [6.07, 6.45) is 0.893. The van der Waals surface area contributed by atoms with Crippen LogP contribution >= 0.6 is 0 Å². The Kier molecular flexibility index (Phi) is 25.9. The number of piperidine rings is 2. The summed E-state index contributed by atoms with van der Waals surface area (Å²) in [7, 11) is 8.37. The number of hydrogen-bond donors (Lipinski definition) is 3.